The van der Waals surface area contributed by atoms with Crippen LogP contribution in [0.4, 0.5) is 10.1 Å². The molecule has 7 nitrogen and oxygen atoms in total. The maximum absolute atomic E-state index is 13.1. The summed E-state index contributed by atoms with van der Waals surface area (Å²) in [5.74, 6) is 0.864. The first kappa shape index (κ1) is 23.1. The van der Waals surface area contributed by atoms with Gasteiger partial charge in [0.1, 0.15) is 11.6 Å². The van der Waals surface area contributed by atoms with E-state index >= 15 is 0 Å². The molecule has 0 radical (unpaired) electrons. The number of hydrogen-bond donors (Lipinski definition) is 1. The number of benzene rings is 3. The van der Waals surface area contributed by atoms with Gasteiger partial charge in [-0.05, 0) is 60.5 Å². The van der Waals surface area contributed by atoms with E-state index in [1.165, 1.54) is 26.4 Å². The largest absolute Gasteiger partial charge is 0.493 e. The van der Waals surface area contributed by atoms with E-state index < -0.39 is 0 Å². The summed E-state index contributed by atoms with van der Waals surface area (Å²) < 4.78 is 29.3. The van der Waals surface area contributed by atoms with Crippen LogP contribution < -0.4 is 19.5 Å². The third-order valence-corrected chi connectivity index (χ3v) is 5.61. The van der Waals surface area contributed by atoms with Gasteiger partial charge in [-0.3, -0.25) is 9.59 Å². The zero-order valence-corrected chi connectivity index (χ0v) is 19.0. The Kier molecular flexibility index (Phi) is 6.96. The quantitative estimate of drug-likeness (QED) is 0.571. The highest BCUT2D eigenvalue weighted by atomic mass is 19.1. The standard InChI is InChI=1S/C26H25FN2O5/c1-32-23-9-5-18(14-24(23)33-2)26(31)28-21-8-10-22-19(13-21)15-29(25(30)16-34-22)12-11-17-3-6-20(27)7-4-17/h3-10,13-14H,11-12,15-16H2,1-2H3,(H,28,31). The van der Waals surface area contributed by atoms with Crippen molar-refractivity contribution in [2.24, 2.45) is 0 Å². The van der Waals surface area contributed by atoms with Gasteiger partial charge >= 0.3 is 0 Å². The Balaban J connectivity index is 1.47. The number of rotatable bonds is 7. The van der Waals surface area contributed by atoms with Crippen LogP contribution in [0.25, 0.3) is 0 Å². The molecule has 1 heterocycles. The molecule has 0 fully saturated rings. The van der Waals surface area contributed by atoms with Crippen LogP contribution in [0.5, 0.6) is 17.2 Å². The molecule has 0 spiro atoms. The summed E-state index contributed by atoms with van der Waals surface area (Å²) >= 11 is 0. The van der Waals surface area contributed by atoms with Gasteiger partial charge in [-0.2, -0.15) is 0 Å². The van der Waals surface area contributed by atoms with E-state index in [-0.39, 0.29) is 24.2 Å². The molecule has 0 atom stereocenters. The monoisotopic (exact) mass is 464 g/mol. The number of nitrogens with zero attached hydrogens (tertiary/aromatic N) is 1. The van der Waals surface area contributed by atoms with Gasteiger partial charge in [0, 0.05) is 29.9 Å². The second-order valence-corrected chi connectivity index (χ2v) is 7.83. The second kappa shape index (κ2) is 10.2. The third-order valence-electron chi connectivity index (χ3n) is 5.61. The zero-order valence-electron chi connectivity index (χ0n) is 19.0. The lowest BCUT2D eigenvalue weighted by molar-refractivity contribution is -0.133. The molecule has 1 N–H and O–H groups in total. The van der Waals surface area contributed by atoms with Gasteiger partial charge in [-0.15, -0.1) is 0 Å². The van der Waals surface area contributed by atoms with Gasteiger partial charge < -0.3 is 24.4 Å². The molecule has 0 unspecified atom stereocenters. The van der Waals surface area contributed by atoms with Gasteiger partial charge in [-0.25, -0.2) is 4.39 Å². The average Bonchev–Trinajstić information content (AvgIpc) is 3.01. The Morgan fingerprint density at radius 1 is 1.03 bits per heavy atom. The van der Waals surface area contributed by atoms with Gasteiger partial charge in [0.05, 0.1) is 14.2 Å². The minimum absolute atomic E-state index is 0.0617. The van der Waals surface area contributed by atoms with E-state index in [0.717, 1.165) is 11.1 Å². The van der Waals surface area contributed by atoms with Crippen molar-refractivity contribution in [3.05, 3.63) is 83.2 Å². The summed E-state index contributed by atoms with van der Waals surface area (Å²) in [5.41, 5.74) is 2.72. The predicted octanol–water partition coefficient (Wildman–Crippen LogP) is 4.06. The summed E-state index contributed by atoms with van der Waals surface area (Å²) in [6.45, 7) is 0.749. The van der Waals surface area contributed by atoms with Crippen molar-refractivity contribution in [2.45, 2.75) is 13.0 Å². The summed E-state index contributed by atoms with van der Waals surface area (Å²) in [7, 11) is 3.04. The molecular weight excluding hydrogens is 439 g/mol. The Bertz CT molecular complexity index is 1200. The highest BCUT2D eigenvalue weighted by Crippen LogP contribution is 2.29. The summed E-state index contributed by atoms with van der Waals surface area (Å²) in [6.07, 6.45) is 0.594. The fourth-order valence-corrected chi connectivity index (χ4v) is 3.75. The van der Waals surface area contributed by atoms with Crippen LogP contribution in [-0.2, 0) is 17.8 Å². The Morgan fingerprint density at radius 3 is 2.53 bits per heavy atom. The topological polar surface area (TPSA) is 77.1 Å². The molecule has 0 saturated carbocycles. The molecule has 0 aliphatic carbocycles. The summed E-state index contributed by atoms with van der Waals surface area (Å²) in [5, 5.41) is 2.88. The highest BCUT2D eigenvalue weighted by molar-refractivity contribution is 6.04. The van der Waals surface area contributed by atoms with Crippen LogP contribution in [0, 0.1) is 5.82 Å². The number of hydrogen-bond acceptors (Lipinski definition) is 5. The highest BCUT2D eigenvalue weighted by Gasteiger charge is 2.22. The van der Waals surface area contributed by atoms with Crippen molar-refractivity contribution in [2.75, 3.05) is 32.7 Å². The van der Waals surface area contributed by atoms with E-state index in [2.05, 4.69) is 5.32 Å². The normalized spacial score (nSPS) is 12.9. The Labute approximate surface area is 197 Å². The SMILES string of the molecule is COc1ccc(C(=O)Nc2ccc3c(c2)CN(CCc2ccc(F)cc2)C(=O)CO3)cc1OC. The molecule has 176 valence electrons. The van der Waals surface area contributed by atoms with Crippen molar-refractivity contribution < 1.29 is 28.2 Å². The van der Waals surface area contributed by atoms with E-state index in [1.54, 1.807) is 53.4 Å². The van der Waals surface area contributed by atoms with Crippen LogP contribution in [0.2, 0.25) is 0 Å². The number of amides is 2. The van der Waals surface area contributed by atoms with E-state index in [4.69, 9.17) is 14.2 Å². The first-order valence-corrected chi connectivity index (χ1v) is 10.8. The molecule has 4 rings (SSSR count). The van der Waals surface area contributed by atoms with Crippen LogP contribution >= 0.6 is 0 Å². The van der Waals surface area contributed by atoms with Crippen molar-refractivity contribution >= 4 is 17.5 Å². The minimum Gasteiger partial charge on any atom is -0.493 e. The van der Waals surface area contributed by atoms with Gasteiger partial charge in [-0.1, -0.05) is 12.1 Å². The number of ether oxygens (including phenoxy) is 3. The number of fused-ring (bicyclic) bond motifs is 1. The van der Waals surface area contributed by atoms with Gasteiger partial charge in [0.25, 0.3) is 11.8 Å². The molecule has 2 amide bonds. The van der Waals surface area contributed by atoms with Crippen molar-refractivity contribution in [1.29, 1.82) is 0 Å². The number of methoxy groups -OCH3 is 2. The first-order chi connectivity index (χ1) is 16.5. The lowest BCUT2D eigenvalue weighted by atomic mass is 10.1. The van der Waals surface area contributed by atoms with Crippen LogP contribution in [0.15, 0.2) is 60.7 Å². The average molecular weight is 464 g/mol. The molecule has 8 heteroatoms. The molecule has 0 saturated heterocycles. The molecule has 34 heavy (non-hydrogen) atoms. The number of anilines is 1. The van der Waals surface area contributed by atoms with E-state index in [0.29, 0.717) is 48.0 Å². The van der Waals surface area contributed by atoms with Crippen molar-refractivity contribution in [1.82, 2.24) is 4.90 Å². The van der Waals surface area contributed by atoms with Crippen LogP contribution in [0.3, 0.4) is 0 Å². The number of carbonyl (C=O) groups is 2. The van der Waals surface area contributed by atoms with Crippen molar-refractivity contribution in [3.8, 4) is 17.2 Å². The van der Waals surface area contributed by atoms with Gasteiger partial charge in [0.15, 0.2) is 18.1 Å². The van der Waals surface area contributed by atoms with E-state index in [1.807, 2.05) is 0 Å². The molecule has 1 aliphatic heterocycles. The van der Waals surface area contributed by atoms with Crippen LogP contribution in [-0.4, -0.2) is 44.1 Å². The van der Waals surface area contributed by atoms with Crippen molar-refractivity contribution in [3.63, 3.8) is 0 Å². The minimum atomic E-state index is -0.306. The summed E-state index contributed by atoms with van der Waals surface area (Å²) in [4.78, 5) is 27.1. The lowest BCUT2D eigenvalue weighted by Crippen LogP contribution is -2.34. The smallest absolute Gasteiger partial charge is 0.260 e. The Morgan fingerprint density at radius 2 is 1.79 bits per heavy atom. The fourth-order valence-electron chi connectivity index (χ4n) is 3.75. The number of carbonyl (C=O) groups excluding carboxylic acids is 2. The molecule has 1 aliphatic rings. The molecule has 0 bridgehead atoms. The third kappa shape index (κ3) is 5.28. The molecule has 3 aromatic carbocycles. The van der Waals surface area contributed by atoms with Gasteiger partial charge in [0.2, 0.25) is 0 Å². The second-order valence-electron chi connectivity index (χ2n) is 7.83. The molecule has 3 aromatic rings. The Hall–Kier alpha value is -4.07. The maximum atomic E-state index is 13.1. The lowest BCUT2D eigenvalue weighted by Gasteiger charge is -2.20. The fraction of sp³-hybridized carbons (Fsp3) is 0.231. The number of halogens is 1. The number of nitrogens with one attached hydrogen (secondary N) is 1. The van der Waals surface area contributed by atoms with E-state index in [9.17, 15) is 14.0 Å². The van der Waals surface area contributed by atoms with Crippen LogP contribution in [0.1, 0.15) is 21.5 Å². The molecule has 0 aromatic heterocycles. The first-order valence-electron chi connectivity index (χ1n) is 10.8. The maximum Gasteiger partial charge on any atom is 0.260 e. The zero-order chi connectivity index (χ0) is 24.1. The summed E-state index contributed by atoms with van der Waals surface area (Å²) in [6, 6.07) is 16.5. The predicted molar refractivity (Wildman–Crippen MR) is 125 cm³/mol. The molecular formula is C26H25FN2O5.